The summed E-state index contributed by atoms with van der Waals surface area (Å²) in [7, 11) is 0. The molecule has 0 aliphatic heterocycles. The predicted molar refractivity (Wildman–Crippen MR) is 79.0 cm³/mol. The highest BCUT2D eigenvalue weighted by Gasteiger charge is 2.71. The summed E-state index contributed by atoms with van der Waals surface area (Å²) in [4.78, 5) is 0. The number of hydrogen-bond donors (Lipinski definition) is 2. The molecule has 1 aliphatic rings. The van der Waals surface area contributed by atoms with Crippen molar-refractivity contribution >= 4 is 5.57 Å². The van der Waals surface area contributed by atoms with Gasteiger partial charge in [0.2, 0.25) is 0 Å². The maximum atomic E-state index is 13.4. The van der Waals surface area contributed by atoms with Gasteiger partial charge in [0.05, 0.1) is 6.61 Å². The van der Waals surface area contributed by atoms with Crippen molar-refractivity contribution in [2.24, 2.45) is 5.41 Å². The average Bonchev–Trinajstić information content (AvgIpc) is 2.45. The minimum Gasteiger partial charge on any atom is -0.392 e. The van der Waals surface area contributed by atoms with Crippen LogP contribution in [0.1, 0.15) is 44.7 Å². The maximum Gasteiger partial charge on any atom is 0.421 e. The second kappa shape index (κ2) is 5.39. The summed E-state index contributed by atoms with van der Waals surface area (Å²) < 4.78 is 40.3. The minimum absolute atomic E-state index is 0.0595. The van der Waals surface area contributed by atoms with E-state index in [9.17, 15) is 18.3 Å². The lowest BCUT2D eigenvalue weighted by molar-refractivity contribution is -0.303. The zero-order valence-electron chi connectivity index (χ0n) is 13.0. The lowest BCUT2D eigenvalue weighted by atomic mass is 9.53. The molecule has 0 amide bonds. The Morgan fingerprint density at radius 1 is 1.18 bits per heavy atom. The van der Waals surface area contributed by atoms with Gasteiger partial charge in [-0.05, 0) is 35.1 Å². The Morgan fingerprint density at radius 3 is 2.09 bits per heavy atom. The van der Waals surface area contributed by atoms with E-state index in [1.165, 1.54) is 13.8 Å². The summed E-state index contributed by atoms with van der Waals surface area (Å²) in [5.74, 6) is 0. The van der Waals surface area contributed by atoms with Crippen molar-refractivity contribution in [3.05, 3.63) is 41.0 Å². The second-order valence-electron chi connectivity index (χ2n) is 6.43. The fourth-order valence-electron chi connectivity index (χ4n) is 3.28. The van der Waals surface area contributed by atoms with Gasteiger partial charge in [0, 0.05) is 5.41 Å². The van der Waals surface area contributed by atoms with Crippen LogP contribution in [-0.4, -0.2) is 22.0 Å². The van der Waals surface area contributed by atoms with Crippen LogP contribution in [0.25, 0.3) is 5.57 Å². The Hall–Kier alpha value is -1.33. The van der Waals surface area contributed by atoms with Crippen LogP contribution < -0.4 is 0 Å². The number of hydrogen-bond acceptors (Lipinski definition) is 2. The molecule has 2 nitrogen and oxygen atoms in total. The third-order valence-electron chi connectivity index (χ3n) is 4.65. The first-order valence-corrected chi connectivity index (χ1v) is 7.30. The normalized spacial score (nSPS) is 26.5. The molecule has 0 bridgehead atoms. The van der Waals surface area contributed by atoms with Gasteiger partial charge in [-0.15, -0.1) is 0 Å². The molecule has 0 saturated heterocycles. The average molecular weight is 314 g/mol. The van der Waals surface area contributed by atoms with Crippen molar-refractivity contribution in [2.75, 3.05) is 0 Å². The highest BCUT2D eigenvalue weighted by atomic mass is 19.4. The van der Waals surface area contributed by atoms with E-state index in [0.717, 1.165) is 0 Å². The fourth-order valence-corrected chi connectivity index (χ4v) is 3.28. The van der Waals surface area contributed by atoms with Crippen molar-refractivity contribution in [3.63, 3.8) is 0 Å². The Balaban J connectivity index is 2.54. The summed E-state index contributed by atoms with van der Waals surface area (Å²) >= 11 is 0. The van der Waals surface area contributed by atoms with Crippen LogP contribution in [0.3, 0.4) is 0 Å². The molecule has 0 unspecified atom stereocenters. The van der Waals surface area contributed by atoms with Crippen molar-refractivity contribution in [1.29, 1.82) is 0 Å². The number of aliphatic hydroxyl groups excluding tert-OH is 1. The molecule has 1 atom stereocenters. The molecule has 0 aromatic heterocycles. The number of rotatable bonds is 3. The zero-order chi connectivity index (χ0) is 16.8. The number of halogens is 3. The van der Waals surface area contributed by atoms with Crippen molar-refractivity contribution in [3.8, 4) is 0 Å². The topological polar surface area (TPSA) is 40.5 Å². The molecule has 1 saturated carbocycles. The Labute approximate surface area is 128 Å². The summed E-state index contributed by atoms with van der Waals surface area (Å²) in [6.45, 7) is 4.54. The van der Waals surface area contributed by atoms with Crippen molar-refractivity contribution < 1.29 is 23.4 Å². The molecule has 0 heterocycles. The van der Waals surface area contributed by atoms with Crippen molar-refractivity contribution in [2.45, 2.75) is 52.0 Å². The first kappa shape index (κ1) is 17.0. The smallest absolute Gasteiger partial charge is 0.392 e. The summed E-state index contributed by atoms with van der Waals surface area (Å²) in [5, 5.41) is 19.4. The van der Waals surface area contributed by atoms with Gasteiger partial charge >= 0.3 is 6.18 Å². The first-order chi connectivity index (χ1) is 10.1. The molecular weight excluding hydrogens is 293 g/mol. The molecule has 1 aromatic rings. The van der Waals surface area contributed by atoms with E-state index in [1.54, 1.807) is 31.2 Å². The van der Waals surface area contributed by atoms with Gasteiger partial charge < -0.3 is 10.2 Å². The molecule has 1 fully saturated rings. The van der Waals surface area contributed by atoms with E-state index in [1.807, 2.05) is 0 Å². The molecule has 2 rings (SSSR count). The molecule has 0 radical (unpaired) electrons. The van der Waals surface area contributed by atoms with Crippen LogP contribution in [0.15, 0.2) is 29.8 Å². The van der Waals surface area contributed by atoms with Gasteiger partial charge in [-0.3, -0.25) is 0 Å². The number of aliphatic hydroxyl groups is 2. The molecule has 0 spiro atoms. The first-order valence-electron chi connectivity index (χ1n) is 7.30. The van der Waals surface area contributed by atoms with Crippen molar-refractivity contribution in [1.82, 2.24) is 0 Å². The van der Waals surface area contributed by atoms with Crippen LogP contribution in [0.4, 0.5) is 13.2 Å². The van der Waals surface area contributed by atoms with E-state index < -0.39 is 17.2 Å². The number of allylic oxidation sites excluding steroid dienone is 1. The van der Waals surface area contributed by atoms with E-state index in [4.69, 9.17) is 5.11 Å². The second-order valence-corrected chi connectivity index (χ2v) is 6.43. The molecule has 22 heavy (non-hydrogen) atoms. The van der Waals surface area contributed by atoms with E-state index in [-0.39, 0.29) is 18.6 Å². The standard InChI is InChI=1S/C17H21F3O2/c1-4-13(12-7-5-11(10-21)6-8-12)14-9-15(2,3)16(14,22)17(18,19)20/h5-8,21-22H,4,9-10H2,1-3H3/b14-13-/t16-/m0/s1. The monoisotopic (exact) mass is 314 g/mol. The van der Waals surface area contributed by atoms with Gasteiger partial charge in [-0.2, -0.15) is 13.2 Å². The molecule has 122 valence electrons. The van der Waals surface area contributed by atoms with Gasteiger partial charge in [0.1, 0.15) is 0 Å². The molecule has 2 N–H and O–H groups in total. The highest BCUT2D eigenvalue weighted by Crippen LogP contribution is 2.62. The van der Waals surface area contributed by atoms with Crippen LogP contribution >= 0.6 is 0 Å². The van der Waals surface area contributed by atoms with Gasteiger partial charge in [-0.25, -0.2) is 0 Å². The number of alkyl halides is 3. The Bertz CT molecular complexity index is 573. The van der Waals surface area contributed by atoms with E-state index in [2.05, 4.69) is 0 Å². The third-order valence-corrected chi connectivity index (χ3v) is 4.65. The largest absolute Gasteiger partial charge is 0.421 e. The molecule has 1 aromatic carbocycles. The summed E-state index contributed by atoms with van der Waals surface area (Å²) in [6, 6.07) is 6.75. The molecule has 5 heteroatoms. The van der Waals surface area contributed by atoms with Gasteiger partial charge in [0.15, 0.2) is 5.60 Å². The van der Waals surface area contributed by atoms with Gasteiger partial charge in [-0.1, -0.05) is 45.0 Å². The SMILES string of the molecule is CC/C(=C1\CC(C)(C)[C@]1(O)C(F)(F)F)c1ccc(CO)cc1. The summed E-state index contributed by atoms with van der Waals surface area (Å²) in [5.41, 5.74) is -2.06. The van der Waals surface area contributed by atoms with E-state index >= 15 is 0 Å². The molecule has 1 aliphatic carbocycles. The van der Waals surface area contributed by atoms with Crippen LogP contribution in [0.2, 0.25) is 0 Å². The number of benzene rings is 1. The van der Waals surface area contributed by atoms with Gasteiger partial charge in [0.25, 0.3) is 0 Å². The Morgan fingerprint density at radius 2 is 1.73 bits per heavy atom. The quantitative estimate of drug-likeness (QED) is 0.883. The van der Waals surface area contributed by atoms with E-state index in [0.29, 0.717) is 23.1 Å². The highest BCUT2D eigenvalue weighted by molar-refractivity contribution is 5.73. The van der Waals surface area contributed by atoms with Crippen LogP contribution in [0, 0.1) is 5.41 Å². The lowest BCUT2D eigenvalue weighted by Gasteiger charge is -2.55. The Kier molecular flexibility index (Phi) is 4.17. The maximum absolute atomic E-state index is 13.4. The molecular formula is C17H21F3O2. The van der Waals surface area contributed by atoms with Crippen LogP contribution in [0.5, 0.6) is 0 Å². The third kappa shape index (κ3) is 2.36. The zero-order valence-corrected chi connectivity index (χ0v) is 13.0. The minimum atomic E-state index is -4.70. The summed E-state index contributed by atoms with van der Waals surface area (Å²) in [6.07, 6.45) is -4.08. The van der Waals surface area contributed by atoms with Crippen LogP contribution in [-0.2, 0) is 6.61 Å². The lowest BCUT2D eigenvalue weighted by Crippen LogP contribution is -2.65. The predicted octanol–water partition coefficient (Wildman–Crippen LogP) is 4.07. The fraction of sp³-hybridized carbons (Fsp3) is 0.529.